The van der Waals surface area contributed by atoms with Crippen molar-refractivity contribution < 1.29 is 0 Å². The molecule has 2 rings (SSSR count). The largest absolute Gasteiger partial charge is 0.352 e. The van der Waals surface area contributed by atoms with Crippen LogP contribution in [0.15, 0.2) is 12.4 Å². The first-order chi connectivity index (χ1) is 8.72. The molecule has 100 valence electrons. The van der Waals surface area contributed by atoms with Gasteiger partial charge in [-0.25, -0.2) is 4.98 Å². The Labute approximate surface area is 110 Å². The van der Waals surface area contributed by atoms with Crippen LogP contribution in [0.4, 0.5) is 5.82 Å². The molecule has 4 heteroatoms. The molecule has 2 heterocycles. The zero-order valence-corrected chi connectivity index (χ0v) is 11.7. The third-order valence-electron chi connectivity index (χ3n) is 3.59. The summed E-state index contributed by atoms with van der Waals surface area (Å²) in [6.45, 7) is 9.56. The van der Waals surface area contributed by atoms with E-state index in [1.165, 1.54) is 12.8 Å². The van der Waals surface area contributed by atoms with Gasteiger partial charge in [-0.05, 0) is 25.3 Å². The summed E-state index contributed by atoms with van der Waals surface area (Å²) in [6.07, 6.45) is 6.29. The molecule has 1 N–H and O–H groups in total. The minimum Gasteiger partial charge on any atom is -0.352 e. The number of anilines is 1. The molecule has 1 aromatic heterocycles. The Bertz CT molecular complexity index is 378. The second-order valence-corrected chi connectivity index (χ2v) is 5.30. The van der Waals surface area contributed by atoms with E-state index in [1.807, 2.05) is 12.4 Å². The lowest BCUT2D eigenvalue weighted by Gasteiger charge is -2.28. The Balaban J connectivity index is 2.12. The van der Waals surface area contributed by atoms with Crippen LogP contribution in [0.2, 0.25) is 0 Å². The van der Waals surface area contributed by atoms with Crippen LogP contribution < -0.4 is 10.2 Å². The summed E-state index contributed by atoms with van der Waals surface area (Å²) in [5.74, 6) is 1.72. The first-order valence-electron chi connectivity index (χ1n) is 7.00. The van der Waals surface area contributed by atoms with Gasteiger partial charge < -0.3 is 10.2 Å². The highest BCUT2D eigenvalue weighted by Crippen LogP contribution is 2.27. The highest BCUT2D eigenvalue weighted by molar-refractivity contribution is 5.39. The third-order valence-corrected chi connectivity index (χ3v) is 3.59. The molecular formula is C14H24N4. The van der Waals surface area contributed by atoms with Crippen molar-refractivity contribution in [3.63, 3.8) is 0 Å². The molecular weight excluding hydrogens is 224 g/mol. The van der Waals surface area contributed by atoms with Gasteiger partial charge in [-0.1, -0.05) is 20.8 Å². The number of nitrogens with zero attached hydrogens (tertiary/aromatic N) is 3. The molecule has 1 atom stereocenters. The lowest BCUT2D eigenvalue weighted by atomic mass is 10.0. The number of rotatable bonds is 5. The van der Waals surface area contributed by atoms with E-state index in [1.54, 1.807) is 0 Å². The van der Waals surface area contributed by atoms with Crippen molar-refractivity contribution in [2.45, 2.75) is 46.2 Å². The molecule has 1 unspecified atom stereocenters. The predicted molar refractivity (Wildman–Crippen MR) is 74.6 cm³/mol. The van der Waals surface area contributed by atoms with E-state index in [9.17, 15) is 0 Å². The second-order valence-electron chi connectivity index (χ2n) is 5.30. The van der Waals surface area contributed by atoms with Crippen molar-refractivity contribution in [1.82, 2.24) is 15.3 Å². The van der Waals surface area contributed by atoms with Crippen LogP contribution >= 0.6 is 0 Å². The van der Waals surface area contributed by atoms with Crippen LogP contribution in [-0.2, 0) is 6.54 Å². The van der Waals surface area contributed by atoms with Gasteiger partial charge in [0.2, 0.25) is 0 Å². The third kappa shape index (κ3) is 2.99. The monoisotopic (exact) mass is 248 g/mol. The fourth-order valence-electron chi connectivity index (χ4n) is 2.64. The van der Waals surface area contributed by atoms with Gasteiger partial charge in [-0.3, -0.25) is 4.98 Å². The minimum atomic E-state index is 0.619. The van der Waals surface area contributed by atoms with Gasteiger partial charge in [-0.15, -0.1) is 0 Å². The van der Waals surface area contributed by atoms with Gasteiger partial charge in [0.05, 0.1) is 11.9 Å². The Kier molecular flexibility index (Phi) is 4.53. The molecule has 1 aliphatic rings. The molecule has 1 aliphatic heterocycles. The number of hydrogen-bond acceptors (Lipinski definition) is 4. The summed E-state index contributed by atoms with van der Waals surface area (Å²) >= 11 is 0. The van der Waals surface area contributed by atoms with Gasteiger partial charge in [0.1, 0.15) is 5.82 Å². The highest BCUT2D eigenvalue weighted by atomic mass is 15.2. The van der Waals surface area contributed by atoms with E-state index in [4.69, 9.17) is 4.98 Å². The number of hydrogen-bond donors (Lipinski definition) is 1. The maximum atomic E-state index is 4.73. The van der Waals surface area contributed by atoms with E-state index in [2.05, 4.69) is 36.0 Å². The zero-order chi connectivity index (χ0) is 13.0. The number of aromatic nitrogens is 2. The molecule has 0 amide bonds. The summed E-state index contributed by atoms with van der Waals surface area (Å²) < 4.78 is 0. The maximum Gasteiger partial charge on any atom is 0.147 e. The first kappa shape index (κ1) is 13.3. The van der Waals surface area contributed by atoms with Crippen molar-refractivity contribution in [1.29, 1.82) is 0 Å². The van der Waals surface area contributed by atoms with Gasteiger partial charge in [0, 0.05) is 25.3 Å². The van der Waals surface area contributed by atoms with Crippen molar-refractivity contribution in [2.75, 3.05) is 18.0 Å². The van der Waals surface area contributed by atoms with Crippen molar-refractivity contribution in [3.05, 3.63) is 18.1 Å². The smallest absolute Gasteiger partial charge is 0.147 e. The topological polar surface area (TPSA) is 41.1 Å². The SMILES string of the molecule is CCNCc1cncc(N2CCCC2C(C)C)n1. The van der Waals surface area contributed by atoms with Crippen LogP contribution in [0.1, 0.15) is 39.3 Å². The average molecular weight is 248 g/mol. The molecule has 0 aliphatic carbocycles. The van der Waals surface area contributed by atoms with Crippen molar-refractivity contribution in [3.8, 4) is 0 Å². The minimum absolute atomic E-state index is 0.619. The highest BCUT2D eigenvalue weighted by Gasteiger charge is 2.28. The Morgan fingerprint density at radius 1 is 1.44 bits per heavy atom. The normalized spacial score (nSPS) is 19.8. The molecule has 1 aromatic rings. The number of nitrogens with one attached hydrogen (secondary N) is 1. The molecule has 0 radical (unpaired) electrons. The van der Waals surface area contributed by atoms with Crippen LogP contribution in [0.3, 0.4) is 0 Å². The molecule has 1 fully saturated rings. The van der Waals surface area contributed by atoms with E-state index < -0.39 is 0 Å². The average Bonchev–Trinajstić information content (AvgIpc) is 2.86. The first-order valence-corrected chi connectivity index (χ1v) is 7.00. The van der Waals surface area contributed by atoms with Crippen LogP contribution in [-0.4, -0.2) is 29.1 Å². The molecule has 0 bridgehead atoms. The fraction of sp³-hybridized carbons (Fsp3) is 0.714. The zero-order valence-electron chi connectivity index (χ0n) is 11.7. The second kappa shape index (κ2) is 6.14. The molecule has 0 saturated carbocycles. The summed E-state index contributed by atoms with van der Waals surface area (Å²) in [5.41, 5.74) is 1.03. The van der Waals surface area contributed by atoms with Crippen molar-refractivity contribution in [2.24, 2.45) is 5.92 Å². The van der Waals surface area contributed by atoms with Crippen LogP contribution in [0, 0.1) is 5.92 Å². The van der Waals surface area contributed by atoms with Crippen molar-refractivity contribution >= 4 is 5.82 Å². The summed E-state index contributed by atoms with van der Waals surface area (Å²) in [7, 11) is 0. The van der Waals surface area contributed by atoms with E-state index in [0.29, 0.717) is 12.0 Å². The van der Waals surface area contributed by atoms with Gasteiger partial charge in [0.25, 0.3) is 0 Å². The lowest BCUT2D eigenvalue weighted by Crippen LogP contribution is -2.34. The predicted octanol–water partition coefficient (Wildman–Crippen LogP) is 2.21. The van der Waals surface area contributed by atoms with Crippen LogP contribution in [0.25, 0.3) is 0 Å². The maximum absolute atomic E-state index is 4.73. The molecule has 18 heavy (non-hydrogen) atoms. The molecule has 0 aromatic carbocycles. The molecule has 4 nitrogen and oxygen atoms in total. The standard InChI is InChI=1S/C14H24N4/c1-4-15-8-12-9-16-10-14(17-12)18-7-5-6-13(18)11(2)3/h9-11,13,15H,4-8H2,1-3H3. The Morgan fingerprint density at radius 3 is 3.00 bits per heavy atom. The molecule has 1 saturated heterocycles. The quantitative estimate of drug-likeness (QED) is 0.867. The Hall–Kier alpha value is -1.16. The van der Waals surface area contributed by atoms with E-state index in [-0.39, 0.29) is 0 Å². The van der Waals surface area contributed by atoms with Gasteiger partial charge in [-0.2, -0.15) is 0 Å². The summed E-state index contributed by atoms with van der Waals surface area (Å²) in [6, 6.07) is 0.619. The summed E-state index contributed by atoms with van der Waals surface area (Å²) in [5, 5.41) is 3.30. The van der Waals surface area contributed by atoms with E-state index >= 15 is 0 Å². The van der Waals surface area contributed by atoms with E-state index in [0.717, 1.165) is 31.1 Å². The Morgan fingerprint density at radius 2 is 2.28 bits per heavy atom. The van der Waals surface area contributed by atoms with Crippen LogP contribution in [0.5, 0.6) is 0 Å². The summed E-state index contributed by atoms with van der Waals surface area (Å²) in [4.78, 5) is 11.5. The molecule has 0 spiro atoms. The lowest BCUT2D eigenvalue weighted by molar-refractivity contribution is 0.489. The van der Waals surface area contributed by atoms with Gasteiger partial charge in [0.15, 0.2) is 0 Å². The van der Waals surface area contributed by atoms with Gasteiger partial charge >= 0.3 is 0 Å². The fourth-order valence-corrected chi connectivity index (χ4v) is 2.64.